The zero-order chi connectivity index (χ0) is 10.2. The van der Waals surface area contributed by atoms with Crippen LogP contribution in [-0.4, -0.2) is 30.6 Å². The highest BCUT2D eigenvalue weighted by molar-refractivity contribution is 5.74. The number of amides is 2. The molecule has 0 bridgehead atoms. The molecule has 3 nitrogen and oxygen atoms in total. The smallest absolute Gasteiger partial charge is 0.317 e. The van der Waals surface area contributed by atoms with Gasteiger partial charge in [-0.15, -0.1) is 11.8 Å². The van der Waals surface area contributed by atoms with E-state index in [2.05, 4.69) is 17.2 Å². The first kappa shape index (κ1) is 10.9. The van der Waals surface area contributed by atoms with Crippen LogP contribution in [0.25, 0.3) is 0 Å². The molecule has 0 atom stereocenters. The molecule has 0 aromatic carbocycles. The van der Waals surface area contributed by atoms with E-state index in [4.69, 9.17) is 0 Å². The molecule has 0 aromatic rings. The van der Waals surface area contributed by atoms with Crippen molar-refractivity contribution in [3.05, 3.63) is 0 Å². The molecule has 0 radical (unpaired) electrons. The monoisotopic (exact) mass is 194 g/mol. The molecule has 1 heterocycles. The van der Waals surface area contributed by atoms with Gasteiger partial charge in [-0.05, 0) is 26.2 Å². The molecule has 0 spiro atoms. The van der Waals surface area contributed by atoms with Gasteiger partial charge in [0.15, 0.2) is 0 Å². The molecule has 1 aliphatic rings. The summed E-state index contributed by atoms with van der Waals surface area (Å²) in [4.78, 5) is 13.4. The van der Waals surface area contributed by atoms with Gasteiger partial charge >= 0.3 is 6.03 Å². The topological polar surface area (TPSA) is 32.3 Å². The molecule has 1 N–H and O–H groups in total. The first-order chi connectivity index (χ1) is 6.84. The summed E-state index contributed by atoms with van der Waals surface area (Å²) in [7, 11) is 0. The standard InChI is InChI=1S/C11H18N2O/c1-2-3-5-8-12-11(14)13-9-6-4-7-10-13/h4-10H2,1H3,(H,12,14). The molecule has 2 amide bonds. The summed E-state index contributed by atoms with van der Waals surface area (Å²) >= 11 is 0. The van der Waals surface area contributed by atoms with E-state index in [1.165, 1.54) is 6.42 Å². The van der Waals surface area contributed by atoms with E-state index in [0.717, 1.165) is 32.4 Å². The van der Waals surface area contributed by atoms with Crippen LogP contribution in [0.3, 0.4) is 0 Å². The summed E-state index contributed by atoms with van der Waals surface area (Å²) in [6.45, 7) is 4.29. The number of urea groups is 1. The van der Waals surface area contributed by atoms with Gasteiger partial charge in [0.2, 0.25) is 0 Å². The largest absolute Gasteiger partial charge is 0.337 e. The van der Waals surface area contributed by atoms with E-state index in [1.54, 1.807) is 0 Å². The molecule has 14 heavy (non-hydrogen) atoms. The van der Waals surface area contributed by atoms with Crippen LogP contribution in [-0.2, 0) is 0 Å². The number of rotatable bonds is 2. The van der Waals surface area contributed by atoms with Gasteiger partial charge in [0.25, 0.3) is 0 Å². The van der Waals surface area contributed by atoms with E-state index < -0.39 is 0 Å². The number of likely N-dealkylation sites (tertiary alicyclic amines) is 1. The fourth-order valence-corrected chi connectivity index (χ4v) is 1.57. The number of nitrogens with zero attached hydrogens (tertiary/aromatic N) is 1. The van der Waals surface area contributed by atoms with Gasteiger partial charge in [-0.25, -0.2) is 4.79 Å². The molecule has 0 aliphatic carbocycles. The van der Waals surface area contributed by atoms with Gasteiger partial charge in [0.1, 0.15) is 0 Å². The summed E-state index contributed by atoms with van der Waals surface area (Å²) in [6, 6.07) is 0.0719. The lowest BCUT2D eigenvalue weighted by Gasteiger charge is -2.26. The lowest BCUT2D eigenvalue weighted by Crippen LogP contribution is -2.43. The zero-order valence-electron chi connectivity index (χ0n) is 8.81. The second-order valence-electron chi connectivity index (χ2n) is 3.46. The second kappa shape index (κ2) is 6.31. The van der Waals surface area contributed by atoms with Crippen LogP contribution in [0.4, 0.5) is 4.79 Å². The Hall–Kier alpha value is -1.17. The maximum atomic E-state index is 11.5. The second-order valence-corrected chi connectivity index (χ2v) is 3.46. The molecule has 0 unspecified atom stereocenters. The molecule has 1 saturated heterocycles. The average molecular weight is 194 g/mol. The predicted molar refractivity (Wildman–Crippen MR) is 56.9 cm³/mol. The van der Waals surface area contributed by atoms with Gasteiger partial charge < -0.3 is 10.2 Å². The van der Waals surface area contributed by atoms with Crippen LogP contribution in [0.2, 0.25) is 0 Å². The van der Waals surface area contributed by atoms with Crippen LogP contribution in [0.5, 0.6) is 0 Å². The molecule has 1 rings (SSSR count). The number of carbonyl (C=O) groups excluding carboxylic acids is 1. The molecule has 1 aliphatic heterocycles. The maximum Gasteiger partial charge on any atom is 0.317 e. The number of hydrogen-bond donors (Lipinski definition) is 1. The summed E-state index contributed by atoms with van der Waals surface area (Å²) in [5, 5.41) is 2.87. The van der Waals surface area contributed by atoms with Crippen molar-refractivity contribution >= 4 is 6.03 Å². The predicted octanol–water partition coefficient (Wildman–Crippen LogP) is 1.60. The summed E-state index contributed by atoms with van der Waals surface area (Å²) in [5.41, 5.74) is 0. The minimum atomic E-state index is 0.0719. The van der Waals surface area contributed by atoms with Crippen molar-refractivity contribution in [1.82, 2.24) is 10.2 Å². The quantitative estimate of drug-likeness (QED) is 0.525. The zero-order valence-corrected chi connectivity index (χ0v) is 8.81. The molecule has 1 fully saturated rings. The van der Waals surface area contributed by atoms with E-state index in [9.17, 15) is 4.79 Å². The van der Waals surface area contributed by atoms with Gasteiger partial charge in [-0.2, -0.15) is 0 Å². The number of nitrogens with one attached hydrogen (secondary N) is 1. The van der Waals surface area contributed by atoms with Crippen molar-refractivity contribution in [3.8, 4) is 11.8 Å². The van der Waals surface area contributed by atoms with Crippen LogP contribution in [0.1, 0.15) is 32.6 Å². The fourth-order valence-electron chi connectivity index (χ4n) is 1.57. The lowest BCUT2D eigenvalue weighted by atomic mass is 10.1. The van der Waals surface area contributed by atoms with Crippen molar-refractivity contribution in [1.29, 1.82) is 0 Å². The molecule has 3 heteroatoms. The summed E-state index contributed by atoms with van der Waals surface area (Å²) < 4.78 is 0. The van der Waals surface area contributed by atoms with E-state index in [1.807, 2.05) is 11.8 Å². The van der Waals surface area contributed by atoms with E-state index in [0.29, 0.717) is 6.54 Å². The molecule has 0 saturated carbocycles. The van der Waals surface area contributed by atoms with Gasteiger partial charge in [-0.1, -0.05) is 0 Å². The van der Waals surface area contributed by atoms with Crippen LogP contribution >= 0.6 is 0 Å². The highest BCUT2D eigenvalue weighted by Crippen LogP contribution is 2.07. The van der Waals surface area contributed by atoms with Crippen molar-refractivity contribution in [2.45, 2.75) is 32.6 Å². The highest BCUT2D eigenvalue weighted by atomic mass is 16.2. The van der Waals surface area contributed by atoms with Gasteiger partial charge in [-0.3, -0.25) is 0 Å². The number of carbonyl (C=O) groups is 1. The number of piperidine rings is 1. The molecule has 78 valence electrons. The van der Waals surface area contributed by atoms with E-state index >= 15 is 0 Å². The van der Waals surface area contributed by atoms with Gasteiger partial charge in [0.05, 0.1) is 0 Å². The minimum Gasteiger partial charge on any atom is -0.337 e. The Bertz CT molecular complexity index is 233. The fraction of sp³-hybridized carbons (Fsp3) is 0.727. The summed E-state index contributed by atoms with van der Waals surface area (Å²) in [5.74, 6) is 5.73. The van der Waals surface area contributed by atoms with Crippen LogP contribution < -0.4 is 5.32 Å². The van der Waals surface area contributed by atoms with Crippen molar-refractivity contribution in [2.24, 2.45) is 0 Å². The highest BCUT2D eigenvalue weighted by Gasteiger charge is 2.14. The van der Waals surface area contributed by atoms with Crippen LogP contribution in [0, 0.1) is 11.8 Å². The third kappa shape index (κ3) is 3.69. The third-order valence-electron chi connectivity index (χ3n) is 2.35. The van der Waals surface area contributed by atoms with Crippen molar-refractivity contribution in [2.75, 3.05) is 19.6 Å². The molecule has 0 aromatic heterocycles. The first-order valence-electron chi connectivity index (χ1n) is 5.27. The Labute approximate surface area is 85.9 Å². The number of hydrogen-bond acceptors (Lipinski definition) is 1. The SMILES string of the molecule is CC#CCCNC(=O)N1CCCCC1. The Morgan fingerprint density at radius 1 is 1.36 bits per heavy atom. The Balaban J connectivity index is 2.15. The maximum absolute atomic E-state index is 11.5. The lowest BCUT2D eigenvalue weighted by molar-refractivity contribution is 0.187. The Morgan fingerprint density at radius 3 is 2.71 bits per heavy atom. The molecular formula is C11H18N2O. The van der Waals surface area contributed by atoms with Crippen LogP contribution in [0.15, 0.2) is 0 Å². The van der Waals surface area contributed by atoms with E-state index in [-0.39, 0.29) is 6.03 Å². The normalized spacial score (nSPS) is 15.6. The van der Waals surface area contributed by atoms with Crippen molar-refractivity contribution < 1.29 is 4.79 Å². The average Bonchev–Trinajstić information content (AvgIpc) is 2.25. The Morgan fingerprint density at radius 2 is 2.07 bits per heavy atom. The summed E-state index contributed by atoms with van der Waals surface area (Å²) in [6.07, 6.45) is 4.28. The Kier molecular flexibility index (Phi) is 4.92. The third-order valence-corrected chi connectivity index (χ3v) is 2.35. The van der Waals surface area contributed by atoms with Gasteiger partial charge in [0, 0.05) is 26.1 Å². The van der Waals surface area contributed by atoms with Crippen molar-refractivity contribution in [3.63, 3.8) is 0 Å². The first-order valence-corrected chi connectivity index (χ1v) is 5.27. The minimum absolute atomic E-state index is 0.0719. The molecular weight excluding hydrogens is 176 g/mol.